The molecule has 0 aromatic rings. The number of fused-ring (bicyclic) bond motifs is 1. The summed E-state index contributed by atoms with van der Waals surface area (Å²) in [6, 6.07) is -0.838. The van der Waals surface area contributed by atoms with Gasteiger partial charge in [0.2, 0.25) is 5.91 Å². The Balaban J connectivity index is 1.74. The maximum Gasteiger partial charge on any atom is 0.408 e. The number of carbonyl (C=O) groups excluding carboxylic acids is 2. The van der Waals surface area contributed by atoms with Crippen molar-refractivity contribution >= 4 is 12.0 Å². The number of alkyl carbamates (subject to hydrolysis) is 1. The molecule has 3 rings (SSSR count). The maximum atomic E-state index is 13.4. The van der Waals surface area contributed by atoms with Crippen molar-refractivity contribution in [3.05, 3.63) is 0 Å². The molecule has 6 heteroatoms. The first kappa shape index (κ1) is 20.4. The fourth-order valence-corrected chi connectivity index (χ4v) is 5.17. The monoisotopic (exact) mass is 380 g/mol. The quantitative estimate of drug-likeness (QED) is 0.789. The maximum absolute atomic E-state index is 13.4. The standard InChI is InChI=1S/C21H36N2O4/c1-18(2,3)15(22-17(26)27-19(4,5)6)16(25)23-13-21(10-14(23)11-24)12-20(21)8-7-9-20/h14-15,24H,7-13H2,1-6H3,(H,22,26)/t14-,15+,21?/m0/s1. The Hall–Kier alpha value is -1.30. The molecule has 1 saturated heterocycles. The number of rotatable bonds is 3. The highest BCUT2D eigenvalue weighted by atomic mass is 16.6. The van der Waals surface area contributed by atoms with Crippen molar-refractivity contribution in [1.82, 2.24) is 10.2 Å². The molecule has 6 nitrogen and oxygen atoms in total. The molecule has 0 radical (unpaired) electrons. The van der Waals surface area contributed by atoms with Crippen molar-refractivity contribution in [2.75, 3.05) is 13.2 Å². The predicted molar refractivity (Wildman–Crippen MR) is 103 cm³/mol. The van der Waals surface area contributed by atoms with Gasteiger partial charge in [-0.15, -0.1) is 0 Å². The highest BCUT2D eigenvalue weighted by Gasteiger charge is 2.72. The molecule has 3 atom stereocenters. The van der Waals surface area contributed by atoms with E-state index in [1.807, 2.05) is 25.7 Å². The summed E-state index contributed by atoms with van der Waals surface area (Å²) in [4.78, 5) is 27.6. The summed E-state index contributed by atoms with van der Waals surface area (Å²) in [6.07, 6.45) is 5.29. The molecule has 27 heavy (non-hydrogen) atoms. The van der Waals surface area contributed by atoms with Crippen LogP contribution in [0.1, 0.15) is 73.6 Å². The fourth-order valence-electron chi connectivity index (χ4n) is 5.17. The number of nitrogens with zero attached hydrogens (tertiary/aromatic N) is 1. The van der Waals surface area contributed by atoms with Crippen LogP contribution < -0.4 is 5.32 Å². The normalized spacial score (nSPS) is 30.2. The van der Waals surface area contributed by atoms with E-state index in [4.69, 9.17) is 4.74 Å². The van der Waals surface area contributed by atoms with Gasteiger partial charge in [-0.2, -0.15) is 0 Å². The van der Waals surface area contributed by atoms with Crippen LogP contribution in [0.4, 0.5) is 4.79 Å². The molecule has 3 aliphatic rings. The van der Waals surface area contributed by atoms with Gasteiger partial charge in [0, 0.05) is 6.54 Å². The molecule has 2 spiro atoms. The highest BCUT2D eigenvalue weighted by Crippen LogP contribution is 2.77. The molecule has 2 N–H and O–H groups in total. The van der Waals surface area contributed by atoms with E-state index >= 15 is 0 Å². The van der Waals surface area contributed by atoms with Crippen molar-refractivity contribution < 1.29 is 19.4 Å². The Kier molecular flexibility index (Phi) is 4.81. The summed E-state index contributed by atoms with van der Waals surface area (Å²) < 4.78 is 5.37. The zero-order valence-corrected chi connectivity index (χ0v) is 17.7. The Labute approximate surface area is 163 Å². The highest BCUT2D eigenvalue weighted by molar-refractivity contribution is 5.87. The second-order valence-electron chi connectivity index (χ2n) is 11.0. The third-order valence-electron chi connectivity index (χ3n) is 6.80. The molecule has 1 heterocycles. The number of ether oxygens (including phenoxy) is 1. The number of aliphatic hydroxyl groups is 1. The van der Waals surface area contributed by atoms with Gasteiger partial charge in [-0.25, -0.2) is 4.79 Å². The topological polar surface area (TPSA) is 78.9 Å². The number of amides is 2. The molecule has 2 aliphatic carbocycles. The fraction of sp³-hybridized carbons (Fsp3) is 0.905. The second-order valence-corrected chi connectivity index (χ2v) is 11.0. The number of hydrogen-bond acceptors (Lipinski definition) is 4. The Morgan fingerprint density at radius 3 is 2.22 bits per heavy atom. The molecule has 0 bridgehead atoms. The summed E-state index contributed by atoms with van der Waals surface area (Å²) in [5.74, 6) is -0.106. The lowest BCUT2D eigenvalue weighted by molar-refractivity contribution is -0.138. The largest absolute Gasteiger partial charge is 0.444 e. The smallest absolute Gasteiger partial charge is 0.408 e. The lowest BCUT2D eigenvalue weighted by Crippen LogP contribution is -2.56. The number of carbonyl (C=O) groups is 2. The molecule has 2 amide bonds. The average molecular weight is 381 g/mol. The molecule has 0 aromatic heterocycles. The van der Waals surface area contributed by atoms with Crippen LogP contribution in [0.5, 0.6) is 0 Å². The van der Waals surface area contributed by atoms with Crippen LogP contribution in [0.15, 0.2) is 0 Å². The van der Waals surface area contributed by atoms with Crippen LogP contribution in [0.25, 0.3) is 0 Å². The molecule has 154 valence electrons. The van der Waals surface area contributed by atoms with Crippen LogP contribution >= 0.6 is 0 Å². The van der Waals surface area contributed by atoms with Gasteiger partial charge in [0.1, 0.15) is 11.6 Å². The predicted octanol–water partition coefficient (Wildman–Crippen LogP) is 3.08. The van der Waals surface area contributed by atoms with Crippen molar-refractivity contribution in [3.63, 3.8) is 0 Å². The molecular weight excluding hydrogens is 344 g/mol. The van der Waals surface area contributed by atoms with Gasteiger partial charge in [-0.1, -0.05) is 27.2 Å². The molecule has 2 saturated carbocycles. The Bertz CT molecular complexity index is 615. The lowest BCUT2D eigenvalue weighted by Gasteiger charge is -2.36. The van der Waals surface area contributed by atoms with E-state index < -0.39 is 23.2 Å². The first-order valence-corrected chi connectivity index (χ1v) is 10.2. The van der Waals surface area contributed by atoms with Gasteiger partial charge in [0.25, 0.3) is 0 Å². The number of aliphatic hydroxyl groups excluding tert-OH is 1. The van der Waals surface area contributed by atoms with E-state index in [2.05, 4.69) is 5.32 Å². The number of hydrogen-bond donors (Lipinski definition) is 2. The third-order valence-corrected chi connectivity index (χ3v) is 6.80. The van der Waals surface area contributed by atoms with E-state index in [9.17, 15) is 14.7 Å². The molecule has 1 unspecified atom stereocenters. The van der Waals surface area contributed by atoms with Crippen LogP contribution in [-0.4, -0.2) is 52.8 Å². The summed E-state index contributed by atoms with van der Waals surface area (Å²) in [5.41, 5.74) is -0.457. The van der Waals surface area contributed by atoms with E-state index in [1.165, 1.54) is 25.7 Å². The van der Waals surface area contributed by atoms with Crippen molar-refractivity contribution in [1.29, 1.82) is 0 Å². The molecular formula is C21H36N2O4. The van der Waals surface area contributed by atoms with Crippen LogP contribution in [-0.2, 0) is 9.53 Å². The average Bonchev–Trinajstić information content (AvgIpc) is 2.98. The summed E-state index contributed by atoms with van der Waals surface area (Å²) in [6.45, 7) is 11.9. The van der Waals surface area contributed by atoms with E-state index in [-0.39, 0.29) is 24.0 Å². The van der Waals surface area contributed by atoms with Crippen molar-refractivity contribution in [2.45, 2.75) is 91.3 Å². The Morgan fingerprint density at radius 1 is 1.19 bits per heavy atom. The summed E-state index contributed by atoms with van der Waals surface area (Å²) in [7, 11) is 0. The molecule has 0 aromatic carbocycles. The SMILES string of the molecule is CC(C)(C)OC(=O)N[C@H](C(=O)N1CC2(C[C@H]1CO)CC21CCC1)C(C)(C)C. The first-order valence-electron chi connectivity index (χ1n) is 10.2. The van der Waals surface area contributed by atoms with Crippen molar-refractivity contribution in [2.24, 2.45) is 16.2 Å². The van der Waals surface area contributed by atoms with Gasteiger partial charge in [-0.3, -0.25) is 4.79 Å². The Morgan fingerprint density at radius 2 is 1.81 bits per heavy atom. The molecule has 3 fully saturated rings. The zero-order valence-electron chi connectivity index (χ0n) is 17.7. The van der Waals surface area contributed by atoms with Crippen molar-refractivity contribution in [3.8, 4) is 0 Å². The van der Waals surface area contributed by atoms with Crippen LogP contribution in [0.3, 0.4) is 0 Å². The minimum absolute atomic E-state index is 0.0210. The lowest BCUT2D eigenvalue weighted by atomic mass is 9.74. The van der Waals surface area contributed by atoms with E-state index in [1.54, 1.807) is 20.8 Å². The minimum atomic E-state index is -0.687. The van der Waals surface area contributed by atoms with Gasteiger partial charge in [0.15, 0.2) is 0 Å². The van der Waals surface area contributed by atoms with E-state index in [0.29, 0.717) is 12.0 Å². The summed E-state index contributed by atoms with van der Waals surface area (Å²) in [5, 5.41) is 12.7. The zero-order chi connectivity index (χ0) is 20.3. The van der Waals surface area contributed by atoms with Crippen LogP contribution in [0, 0.1) is 16.2 Å². The van der Waals surface area contributed by atoms with Gasteiger partial charge >= 0.3 is 6.09 Å². The summed E-state index contributed by atoms with van der Waals surface area (Å²) >= 11 is 0. The molecule has 1 aliphatic heterocycles. The number of nitrogens with one attached hydrogen (secondary N) is 1. The van der Waals surface area contributed by atoms with Gasteiger partial charge < -0.3 is 20.1 Å². The second kappa shape index (κ2) is 6.36. The first-order chi connectivity index (χ1) is 12.3. The minimum Gasteiger partial charge on any atom is -0.444 e. The number of likely N-dealkylation sites (tertiary alicyclic amines) is 1. The van der Waals surface area contributed by atoms with E-state index in [0.717, 1.165) is 6.42 Å². The van der Waals surface area contributed by atoms with Gasteiger partial charge in [-0.05, 0) is 62.7 Å². The third kappa shape index (κ3) is 3.69. The van der Waals surface area contributed by atoms with Gasteiger partial charge in [0.05, 0.1) is 12.6 Å². The van der Waals surface area contributed by atoms with Crippen LogP contribution in [0.2, 0.25) is 0 Å².